The number of benzene rings is 3. The summed E-state index contributed by atoms with van der Waals surface area (Å²) in [5.41, 5.74) is 2.44. The number of carbonyl (C=O) groups excluding carboxylic acids is 4. The highest BCUT2D eigenvalue weighted by atomic mass is 35.5. The largest absolute Gasteiger partial charge is 0.451 e. The van der Waals surface area contributed by atoms with Gasteiger partial charge in [0.25, 0.3) is 11.8 Å². The zero-order valence-electron chi connectivity index (χ0n) is 27.2. The van der Waals surface area contributed by atoms with Crippen LogP contribution in [-0.2, 0) is 16.0 Å². The zero-order chi connectivity index (χ0) is 34.5. The number of nitrogens with one attached hydrogen (secondary N) is 2. The number of hydrogen-bond donors (Lipinski definition) is 2. The van der Waals surface area contributed by atoms with Gasteiger partial charge in [-0.25, -0.2) is 0 Å². The van der Waals surface area contributed by atoms with Crippen LogP contribution in [0.1, 0.15) is 52.7 Å². The van der Waals surface area contributed by atoms with Crippen molar-refractivity contribution in [1.29, 1.82) is 0 Å². The van der Waals surface area contributed by atoms with E-state index >= 15 is 0 Å². The summed E-state index contributed by atoms with van der Waals surface area (Å²) in [5.74, 6) is -1.47. The fourth-order valence-corrected chi connectivity index (χ4v) is 6.55. The third-order valence-corrected chi connectivity index (χ3v) is 9.19. The average Bonchev–Trinajstić information content (AvgIpc) is 3.12. The normalized spacial score (nSPS) is 15.5. The summed E-state index contributed by atoms with van der Waals surface area (Å²) < 4.78 is 5.79. The second-order valence-electron chi connectivity index (χ2n) is 12.4. The van der Waals surface area contributed by atoms with Gasteiger partial charge in [0.15, 0.2) is 11.2 Å². The maximum Gasteiger partial charge on any atom is 0.287 e. The van der Waals surface area contributed by atoms with E-state index in [1.165, 1.54) is 19.1 Å². The number of halogens is 1. The summed E-state index contributed by atoms with van der Waals surface area (Å²) in [5, 5.41) is 6.18. The lowest BCUT2D eigenvalue weighted by Crippen LogP contribution is -2.56. The summed E-state index contributed by atoms with van der Waals surface area (Å²) in [6, 6.07) is 19.3. The summed E-state index contributed by atoms with van der Waals surface area (Å²) in [6.07, 6.45) is 3.35. The molecule has 254 valence electrons. The van der Waals surface area contributed by atoms with E-state index in [4.69, 9.17) is 16.0 Å². The van der Waals surface area contributed by atoms with Gasteiger partial charge in [-0.1, -0.05) is 35.9 Å². The van der Waals surface area contributed by atoms with Gasteiger partial charge in [0.1, 0.15) is 11.6 Å². The molecule has 4 amide bonds. The fourth-order valence-electron chi connectivity index (χ4n) is 6.42. The van der Waals surface area contributed by atoms with E-state index in [9.17, 15) is 24.0 Å². The molecule has 2 fully saturated rings. The minimum absolute atomic E-state index is 0.0352. The minimum atomic E-state index is -0.962. The van der Waals surface area contributed by atoms with Crippen molar-refractivity contribution in [1.82, 2.24) is 15.1 Å². The Hall–Kier alpha value is -5.16. The number of hydrogen-bond acceptors (Lipinski definition) is 7. The second-order valence-corrected chi connectivity index (χ2v) is 12.8. The quantitative estimate of drug-likeness (QED) is 0.275. The molecule has 0 radical (unpaired) electrons. The van der Waals surface area contributed by atoms with E-state index in [1.807, 2.05) is 29.2 Å². The molecule has 6 rings (SSSR count). The van der Waals surface area contributed by atoms with Gasteiger partial charge in [-0.2, -0.15) is 0 Å². The Morgan fingerprint density at radius 2 is 1.55 bits per heavy atom. The standard InChI is InChI=1S/C37H38ClN5O6/c1-24(44)39-27-13-14-33-29(22-27)32(45)23-34(49-33)35(46)40-30(21-25-9-11-26(38)12-10-25)37(48)43-19-17-41(18-20-43)31-8-4-3-7-28(31)36(47)42-15-5-2-6-16-42/h3-4,7-14,22-23,30H,2,5-6,15-21H2,1H3,(H,39,44)(H,40,46)/t30-/m1/s1. The SMILES string of the molecule is CC(=O)Nc1ccc2oc(C(=O)N[C@H](Cc3ccc(Cl)cc3)C(=O)N3CCN(c4ccccc4C(=O)N4CCCCC4)CC3)cc(=O)c2c1. The van der Waals surface area contributed by atoms with Crippen LogP contribution in [0.2, 0.25) is 5.02 Å². The number of fused-ring (bicyclic) bond motifs is 1. The molecule has 0 spiro atoms. The molecule has 2 aliphatic heterocycles. The summed E-state index contributed by atoms with van der Waals surface area (Å²) in [4.78, 5) is 71.2. The van der Waals surface area contributed by atoms with Gasteiger partial charge >= 0.3 is 0 Å². The minimum Gasteiger partial charge on any atom is -0.451 e. The van der Waals surface area contributed by atoms with Gasteiger partial charge in [-0.05, 0) is 67.3 Å². The molecule has 0 saturated carbocycles. The Bertz CT molecular complexity index is 1930. The highest BCUT2D eigenvalue weighted by Gasteiger charge is 2.31. The summed E-state index contributed by atoms with van der Waals surface area (Å²) >= 11 is 6.10. The maximum absolute atomic E-state index is 14.0. The lowest BCUT2D eigenvalue weighted by atomic mass is 10.0. The van der Waals surface area contributed by atoms with E-state index in [0.717, 1.165) is 49.7 Å². The molecule has 1 aromatic heterocycles. The number of nitrogens with zero attached hydrogens (tertiary/aromatic N) is 3. The van der Waals surface area contributed by atoms with Crippen molar-refractivity contribution >= 4 is 57.6 Å². The molecule has 11 nitrogen and oxygen atoms in total. The van der Waals surface area contributed by atoms with Gasteiger partial charge in [-0.3, -0.25) is 24.0 Å². The second kappa shape index (κ2) is 14.9. The van der Waals surface area contributed by atoms with Crippen molar-refractivity contribution in [2.75, 3.05) is 49.5 Å². The predicted molar refractivity (Wildman–Crippen MR) is 188 cm³/mol. The number of piperazine rings is 1. The Kier molecular flexibility index (Phi) is 10.3. The first-order valence-electron chi connectivity index (χ1n) is 16.5. The number of para-hydroxylation sites is 1. The van der Waals surface area contributed by atoms with Gasteiger partial charge in [0, 0.05) is 75.1 Å². The number of rotatable bonds is 8. The van der Waals surface area contributed by atoms with Crippen molar-refractivity contribution in [2.24, 2.45) is 0 Å². The van der Waals surface area contributed by atoms with Gasteiger partial charge in [-0.15, -0.1) is 0 Å². The molecule has 3 aromatic carbocycles. The molecule has 1 atom stereocenters. The summed E-state index contributed by atoms with van der Waals surface area (Å²) in [6.45, 7) is 4.69. The molecule has 0 unspecified atom stereocenters. The average molecular weight is 684 g/mol. The first-order chi connectivity index (χ1) is 23.7. The molecular weight excluding hydrogens is 646 g/mol. The Balaban J connectivity index is 1.18. The predicted octanol–water partition coefficient (Wildman–Crippen LogP) is 4.72. The molecule has 12 heteroatoms. The van der Waals surface area contributed by atoms with Crippen molar-refractivity contribution in [3.8, 4) is 0 Å². The fraction of sp³-hybridized carbons (Fsp3) is 0.324. The van der Waals surface area contributed by atoms with Crippen LogP contribution in [0.4, 0.5) is 11.4 Å². The van der Waals surface area contributed by atoms with Gasteiger partial charge in [0.05, 0.1) is 10.9 Å². The maximum atomic E-state index is 14.0. The van der Waals surface area contributed by atoms with Crippen LogP contribution in [0.15, 0.2) is 82.0 Å². The molecule has 3 heterocycles. The van der Waals surface area contributed by atoms with E-state index in [1.54, 1.807) is 35.2 Å². The highest BCUT2D eigenvalue weighted by molar-refractivity contribution is 6.30. The smallest absolute Gasteiger partial charge is 0.287 e. The molecule has 0 bridgehead atoms. The van der Waals surface area contributed by atoms with Crippen LogP contribution < -0.4 is 21.0 Å². The number of likely N-dealkylation sites (tertiary alicyclic amines) is 1. The molecule has 2 N–H and O–H groups in total. The van der Waals surface area contributed by atoms with Crippen molar-refractivity contribution in [2.45, 2.75) is 38.6 Å². The molecule has 2 aliphatic rings. The first-order valence-corrected chi connectivity index (χ1v) is 16.9. The van der Waals surface area contributed by atoms with E-state index in [2.05, 4.69) is 15.5 Å². The Morgan fingerprint density at radius 1 is 0.837 bits per heavy atom. The third kappa shape index (κ3) is 7.94. The number of carbonyl (C=O) groups is 4. The van der Waals surface area contributed by atoms with Crippen LogP contribution in [0, 0.1) is 0 Å². The van der Waals surface area contributed by atoms with Crippen molar-refractivity contribution in [3.63, 3.8) is 0 Å². The van der Waals surface area contributed by atoms with Crippen LogP contribution in [0.3, 0.4) is 0 Å². The highest BCUT2D eigenvalue weighted by Crippen LogP contribution is 2.25. The Labute approximate surface area is 288 Å². The molecule has 4 aromatic rings. The van der Waals surface area contributed by atoms with Crippen molar-refractivity contribution in [3.05, 3.63) is 105 Å². The number of anilines is 2. The van der Waals surface area contributed by atoms with Crippen LogP contribution >= 0.6 is 11.6 Å². The Morgan fingerprint density at radius 3 is 2.27 bits per heavy atom. The molecule has 49 heavy (non-hydrogen) atoms. The molecular formula is C37H38ClN5O6. The zero-order valence-corrected chi connectivity index (χ0v) is 28.0. The van der Waals surface area contributed by atoms with E-state index < -0.39 is 17.4 Å². The van der Waals surface area contributed by atoms with E-state index in [0.29, 0.717) is 42.5 Å². The van der Waals surface area contributed by atoms with Crippen molar-refractivity contribution < 1.29 is 23.6 Å². The van der Waals surface area contributed by atoms with Gasteiger partial charge in [0.2, 0.25) is 11.8 Å². The van der Waals surface area contributed by atoms with E-state index in [-0.39, 0.29) is 40.9 Å². The molecule has 0 aliphatic carbocycles. The third-order valence-electron chi connectivity index (χ3n) is 8.94. The van der Waals surface area contributed by atoms with Crippen LogP contribution in [0.5, 0.6) is 0 Å². The summed E-state index contributed by atoms with van der Waals surface area (Å²) in [7, 11) is 0. The number of piperidine rings is 1. The lowest BCUT2D eigenvalue weighted by molar-refractivity contribution is -0.133. The molecule has 2 saturated heterocycles. The lowest BCUT2D eigenvalue weighted by Gasteiger charge is -2.38. The monoisotopic (exact) mass is 683 g/mol. The van der Waals surface area contributed by atoms with Crippen LogP contribution in [-0.4, -0.2) is 78.7 Å². The topological polar surface area (TPSA) is 132 Å². The first kappa shape index (κ1) is 33.7. The number of amides is 4. The van der Waals surface area contributed by atoms with Gasteiger partial charge < -0.3 is 29.8 Å². The van der Waals surface area contributed by atoms with Crippen LogP contribution in [0.25, 0.3) is 11.0 Å².